The van der Waals surface area contributed by atoms with Crippen molar-refractivity contribution in [2.24, 2.45) is 0 Å². The molecule has 2 rings (SSSR count). The number of benzene rings is 1. The van der Waals surface area contributed by atoms with E-state index in [1.807, 2.05) is 43.1 Å². The molecule has 21 heavy (non-hydrogen) atoms. The molecule has 0 N–H and O–H groups in total. The maximum absolute atomic E-state index is 11.1. The molecule has 0 saturated heterocycles. The first-order valence-corrected chi connectivity index (χ1v) is 6.73. The third-order valence-electron chi connectivity index (χ3n) is 3.06. The summed E-state index contributed by atoms with van der Waals surface area (Å²) < 4.78 is 10.3. The summed E-state index contributed by atoms with van der Waals surface area (Å²) in [5.74, 6) is 0.807. The van der Waals surface area contributed by atoms with Crippen molar-refractivity contribution in [3.05, 3.63) is 35.7 Å². The van der Waals surface area contributed by atoms with Gasteiger partial charge in [0.05, 0.1) is 20.1 Å². The Morgan fingerprint density at radius 2 is 2.19 bits per heavy atom. The van der Waals surface area contributed by atoms with Gasteiger partial charge in [-0.25, -0.2) is 0 Å². The van der Waals surface area contributed by atoms with E-state index in [4.69, 9.17) is 4.42 Å². The van der Waals surface area contributed by atoms with Gasteiger partial charge in [0.2, 0.25) is 11.8 Å². The number of hydrogen-bond donors (Lipinski definition) is 0. The highest BCUT2D eigenvalue weighted by atomic mass is 16.5. The minimum absolute atomic E-state index is 0.229. The molecular weight excluding hydrogens is 270 g/mol. The van der Waals surface area contributed by atoms with Gasteiger partial charge in [0.1, 0.15) is 0 Å². The fourth-order valence-electron chi connectivity index (χ4n) is 1.91. The lowest BCUT2D eigenvalue weighted by Crippen LogP contribution is -2.22. The van der Waals surface area contributed by atoms with Crippen LogP contribution >= 0.6 is 0 Å². The Hall–Kier alpha value is -2.21. The van der Waals surface area contributed by atoms with Gasteiger partial charge in [-0.2, -0.15) is 0 Å². The van der Waals surface area contributed by atoms with Gasteiger partial charge in [0.15, 0.2) is 0 Å². The second kappa shape index (κ2) is 6.99. The average Bonchev–Trinajstić information content (AvgIpc) is 2.93. The van der Waals surface area contributed by atoms with Crippen LogP contribution in [0.15, 0.2) is 28.7 Å². The lowest BCUT2D eigenvalue weighted by atomic mass is 10.1. The summed E-state index contributed by atoms with van der Waals surface area (Å²) >= 11 is 0. The summed E-state index contributed by atoms with van der Waals surface area (Å²) in [5, 5.41) is 8.09. The molecule has 0 atom stereocenters. The third-order valence-corrected chi connectivity index (χ3v) is 3.06. The highest BCUT2D eigenvalue weighted by molar-refractivity contribution is 5.69. The Morgan fingerprint density at radius 3 is 2.90 bits per heavy atom. The van der Waals surface area contributed by atoms with Crippen molar-refractivity contribution < 1.29 is 13.9 Å². The molecule has 1 aromatic carbocycles. The number of aryl methyl sites for hydroxylation is 1. The van der Waals surface area contributed by atoms with E-state index < -0.39 is 0 Å². The van der Waals surface area contributed by atoms with E-state index in [1.165, 1.54) is 7.11 Å². The molecule has 0 amide bonds. The van der Waals surface area contributed by atoms with Crippen molar-refractivity contribution in [3.63, 3.8) is 0 Å². The van der Waals surface area contributed by atoms with Crippen molar-refractivity contribution in [1.82, 2.24) is 15.1 Å². The number of carbonyl (C=O) groups is 1. The molecule has 0 unspecified atom stereocenters. The number of aromatic nitrogens is 2. The first-order chi connectivity index (χ1) is 10.1. The summed E-state index contributed by atoms with van der Waals surface area (Å²) in [4.78, 5) is 13.0. The number of hydrogen-bond acceptors (Lipinski definition) is 6. The molecule has 1 aromatic heterocycles. The van der Waals surface area contributed by atoms with Gasteiger partial charge in [-0.15, -0.1) is 10.2 Å². The molecular formula is C15H19N3O3. The minimum Gasteiger partial charge on any atom is -0.469 e. The predicted molar refractivity (Wildman–Crippen MR) is 77.4 cm³/mol. The normalized spacial score (nSPS) is 10.9. The van der Waals surface area contributed by atoms with Crippen LogP contribution in [0, 0.1) is 6.92 Å². The van der Waals surface area contributed by atoms with E-state index in [-0.39, 0.29) is 5.97 Å². The first-order valence-electron chi connectivity index (χ1n) is 6.73. The smallest absolute Gasteiger partial charge is 0.306 e. The molecule has 0 aliphatic heterocycles. The van der Waals surface area contributed by atoms with E-state index in [0.29, 0.717) is 31.3 Å². The summed E-state index contributed by atoms with van der Waals surface area (Å²) in [6.45, 7) is 3.09. The molecule has 0 radical (unpaired) electrons. The van der Waals surface area contributed by atoms with Gasteiger partial charge in [-0.1, -0.05) is 17.7 Å². The highest BCUT2D eigenvalue weighted by Crippen LogP contribution is 2.19. The maximum Gasteiger partial charge on any atom is 0.306 e. The lowest BCUT2D eigenvalue weighted by molar-refractivity contribution is -0.140. The molecule has 6 heteroatoms. The summed E-state index contributed by atoms with van der Waals surface area (Å²) in [6, 6.07) is 7.90. The van der Waals surface area contributed by atoms with Crippen LogP contribution in [0.1, 0.15) is 17.9 Å². The Bertz CT molecular complexity index is 610. The largest absolute Gasteiger partial charge is 0.469 e. The molecule has 0 aliphatic rings. The van der Waals surface area contributed by atoms with Gasteiger partial charge in [0, 0.05) is 12.1 Å². The zero-order valence-corrected chi connectivity index (χ0v) is 12.5. The fraction of sp³-hybridized carbons (Fsp3) is 0.400. The first kappa shape index (κ1) is 15.2. The van der Waals surface area contributed by atoms with Crippen molar-refractivity contribution >= 4 is 5.97 Å². The number of esters is 1. The van der Waals surface area contributed by atoms with Crippen LogP contribution in [0.5, 0.6) is 0 Å². The zero-order chi connectivity index (χ0) is 15.2. The second-order valence-corrected chi connectivity index (χ2v) is 4.93. The fourth-order valence-corrected chi connectivity index (χ4v) is 1.91. The number of carbonyl (C=O) groups excluding carboxylic acids is 1. The van der Waals surface area contributed by atoms with Gasteiger partial charge in [-0.05, 0) is 26.1 Å². The van der Waals surface area contributed by atoms with Crippen molar-refractivity contribution in [3.8, 4) is 11.5 Å². The summed E-state index contributed by atoms with van der Waals surface area (Å²) in [6.07, 6.45) is 0.339. The second-order valence-electron chi connectivity index (χ2n) is 4.93. The number of nitrogens with zero attached hydrogens (tertiary/aromatic N) is 3. The Balaban J connectivity index is 1.95. The Kier molecular flexibility index (Phi) is 5.05. The van der Waals surface area contributed by atoms with Crippen molar-refractivity contribution in [1.29, 1.82) is 0 Å². The quantitative estimate of drug-likeness (QED) is 0.758. The lowest BCUT2D eigenvalue weighted by Gasteiger charge is -2.12. The van der Waals surface area contributed by atoms with Gasteiger partial charge < -0.3 is 9.15 Å². The molecule has 6 nitrogen and oxygen atoms in total. The van der Waals surface area contributed by atoms with Crippen LogP contribution in [-0.2, 0) is 16.1 Å². The topological polar surface area (TPSA) is 68.5 Å². The number of ether oxygens (including phenoxy) is 1. The third kappa shape index (κ3) is 4.39. The molecule has 1 heterocycles. The highest BCUT2D eigenvalue weighted by Gasteiger charge is 2.11. The van der Waals surface area contributed by atoms with Gasteiger partial charge in [-0.3, -0.25) is 9.69 Å². The number of methoxy groups -OCH3 is 1. The minimum atomic E-state index is -0.229. The molecule has 2 aromatic rings. The predicted octanol–water partition coefficient (Wildman–Crippen LogP) is 2.04. The van der Waals surface area contributed by atoms with Crippen LogP contribution in [0.25, 0.3) is 11.5 Å². The van der Waals surface area contributed by atoms with Gasteiger partial charge >= 0.3 is 5.97 Å². The van der Waals surface area contributed by atoms with Crippen LogP contribution in [0.3, 0.4) is 0 Å². The Labute approximate surface area is 123 Å². The molecule has 0 spiro atoms. The van der Waals surface area contributed by atoms with Crippen LogP contribution in [0.4, 0.5) is 0 Å². The van der Waals surface area contributed by atoms with Gasteiger partial charge in [0.25, 0.3) is 0 Å². The van der Waals surface area contributed by atoms with Crippen LogP contribution in [0.2, 0.25) is 0 Å². The number of rotatable bonds is 6. The SMILES string of the molecule is COC(=O)CCN(C)Cc1nnc(-c2cccc(C)c2)o1. The average molecular weight is 289 g/mol. The molecule has 0 fully saturated rings. The van der Waals surface area contributed by atoms with E-state index in [1.54, 1.807) is 0 Å². The van der Waals surface area contributed by atoms with Crippen LogP contribution < -0.4 is 0 Å². The summed E-state index contributed by atoms with van der Waals surface area (Å²) in [7, 11) is 3.27. The van der Waals surface area contributed by atoms with E-state index in [0.717, 1.165) is 11.1 Å². The van der Waals surface area contributed by atoms with E-state index >= 15 is 0 Å². The van der Waals surface area contributed by atoms with Crippen LogP contribution in [-0.4, -0.2) is 41.8 Å². The molecule has 0 bridgehead atoms. The Morgan fingerprint density at radius 1 is 1.38 bits per heavy atom. The molecule has 0 saturated carbocycles. The standard InChI is InChI=1S/C15H19N3O3/c1-11-5-4-6-12(9-11)15-17-16-13(21-15)10-18(2)8-7-14(19)20-3/h4-6,9H,7-8,10H2,1-3H3. The van der Waals surface area contributed by atoms with Crippen molar-refractivity contribution in [2.45, 2.75) is 19.9 Å². The summed E-state index contributed by atoms with van der Waals surface area (Å²) in [5.41, 5.74) is 2.05. The van der Waals surface area contributed by atoms with E-state index in [2.05, 4.69) is 14.9 Å². The monoisotopic (exact) mass is 289 g/mol. The molecule has 0 aliphatic carbocycles. The van der Waals surface area contributed by atoms with E-state index in [9.17, 15) is 4.79 Å². The maximum atomic E-state index is 11.1. The van der Waals surface area contributed by atoms with Crippen molar-refractivity contribution in [2.75, 3.05) is 20.7 Å². The molecule has 112 valence electrons. The zero-order valence-electron chi connectivity index (χ0n) is 12.5.